The van der Waals surface area contributed by atoms with Crippen molar-refractivity contribution < 1.29 is 27.4 Å². The molecule has 0 unspecified atom stereocenters. The molecular formula is C20H21F3N2O3. The van der Waals surface area contributed by atoms with E-state index in [4.69, 9.17) is 9.47 Å². The first-order valence-corrected chi connectivity index (χ1v) is 8.83. The standard InChI is InChI=1S/C20H21F3N2O3/c1-27-16-5-2-14(3-6-16)12-19(26)24-17-13-15(20(21,22)23)4-7-18(17)25-8-10-28-11-9-25/h2-7,13H,8-12H2,1H3,(H,24,26). The van der Waals surface area contributed by atoms with Crippen molar-refractivity contribution >= 4 is 17.3 Å². The average molecular weight is 394 g/mol. The summed E-state index contributed by atoms with van der Waals surface area (Å²) in [6.07, 6.45) is -4.44. The number of rotatable bonds is 5. The molecule has 150 valence electrons. The number of anilines is 2. The number of carbonyl (C=O) groups is 1. The number of hydrogen-bond donors (Lipinski definition) is 1. The molecule has 2 aromatic carbocycles. The molecule has 0 atom stereocenters. The van der Waals surface area contributed by atoms with Gasteiger partial charge in [0.05, 0.1) is 43.7 Å². The number of halogens is 3. The summed E-state index contributed by atoms with van der Waals surface area (Å²) in [5.74, 6) is 0.274. The third-order valence-electron chi connectivity index (χ3n) is 4.47. The number of alkyl halides is 3. The molecule has 28 heavy (non-hydrogen) atoms. The Labute approximate surface area is 161 Å². The zero-order chi connectivity index (χ0) is 20.1. The van der Waals surface area contributed by atoms with Gasteiger partial charge in [0, 0.05) is 13.1 Å². The highest BCUT2D eigenvalue weighted by molar-refractivity contribution is 5.95. The van der Waals surface area contributed by atoms with Gasteiger partial charge in [-0.15, -0.1) is 0 Å². The lowest BCUT2D eigenvalue weighted by Gasteiger charge is -2.31. The third-order valence-corrected chi connectivity index (χ3v) is 4.47. The van der Waals surface area contributed by atoms with E-state index in [9.17, 15) is 18.0 Å². The van der Waals surface area contributed by atoms with E-state index in [1.54, 1.807) is 31.4 Å². The molecular weight excluding hydrogens is 373 g/mol. The third kappa shape index (κ3) is 4.95. The second-order valence-electron chi connectivity index (χ2n) is 6.40. The molecule has 0 bridgehead atoms. The van der Waals surface area contributed by atoms with Crippen molar-refractivity contribution in [1.29, 1.82) is 0 Å². The topological polar surface area (TPSA) is 50.8 Å². The van der Waals surface area contributed by atoms with Crippen molar-refractivity contribution in [2.45, 2.75) is 12.6 Å². The van der Waals surface area contributed by atoms with Crippen LogP contribution in [0.3, 0.4) is 0 Å². The Balaban J connectivity index is 1.81. The van der Waals surface area contributed by atoms with E-state index in [1.807, 2.05) is 4.90 Å². The molecule has 0 saturated carbocycles. The maximum Gasteiger partial charge on any atom is 0.416 e. The quantitative estimate of drug-likeness (QED) is 0.840. The summed E-state index contributed by atoms with van der Waals surface area (Å²) >= 11 is 0. The van der Waals surface area contributed by atoms with E-state index in [0.29, 0.717) is 37.7 Å². The van der Waals surface area contributed by atoms with Gasteiger partial charge in [0.1, 0.15) is 5.75 Å². The van der Waals surface area contributed by atoms with Gasteiger partial charge in [0.25, 0.3) is 0 Å². The normalized spacial score (nSPS) is 14.6. The largest absolute Gasteiger partial charge is 0.497 e. The number of nitrogens with one attached hydrogen (secondary N) is 1. The number of morpholine rings is 1. The first-order chi connectivity index (χ1) is 13.4. The Morgan fingerprint density at radius 3 is 2.43 bits per heavy atom. The van der Waals surface area contributed by atoms with Crippen molar-refractivity contribution in [3.05, 3.63) is 53.6 Å². The smallest absolute Gasteiger partial charge is 0.416 e. The van der Waals surface area contributed by atoms with E-state index in [1.165, 1.54) is 6.07 Å². The first-order valence-electron chi connectivity index (χ1n) is 8.83. The molecule has 0 aromatic heterocycles. The lowest BCUT2D eigenvalue weighted by molar-refractivity contribution is -0.137. The number of benzene rings is 2. The predicted molar refractivity (Wildman–Crippen MR) is 99.8 cm³/mol. The molecule has 8 heteroatoms. The van der Waals surface area contributed by atoms with Crippen molar-refractivity contribution in [3.8, 4) is 5.75 Å². The molecule has 2 aromatic rings. The lowest BCUT2D eigenvalue weighted by Crippen LogP contribution is -2.37. The molecule has 1 aliphatic heterocycles. The lowest BCUT2D eigenvalue weighted by atomic mass is 10.1. The average Bonchev–Trinajstić information content (AvgIpc) is 2.68. The number of hydrogen-bond acceptors (Lipinski definition) is 4. The van der Waals surface area contributed by atoms with Gasteiger partial charge < -0.3 is 19.7 Å². The molecule has 3 rings (SSSR count). The van der Waals surface area contributed by atoms with E-state index in [2.05, 4.69) is 5.32 Å². The number of carbonyl (C=O) groups excluding carboxylic acids is 1. The minimum Gasteiger partial charge on any atom is -0.497 e. The Bertz CT molecular complexity index is 816. The van der Waals surface area contributed by atoms with Crippen molar-refractivity contribution in [2.24, 2.45) is 0 Å². The predicted octanol–water partition coefficient (Wildman–Crippen LogP) is 3.73. The Morgan fingerprint density at radius 2 is 1.82 bits per heavy atom. The zero-order valence-corrected chi connectivity index (χ0v) is 15.4. The maximum absolute atomic E-state index is 13.1. The molecule has 1 N–H and O–H groups in total. The Hall–Kier alpha value is -2.74. The highest BCUT2D eigenvalue weighted by Crippen LogP contribution is 2.35. The summed E-state index contributed by atoms with van der Waals surface area (Å²) in [5.41, 5.74) is 0.636. The van der Waals surface area contributed by atoms with E-state index in [0.717, 1.165) is 17.7 Å². The number of methoxy groups -OCH3 is 1. The molecule has 1 aliphatic rings. The van der Waals surface area contributed by atoms with Crippen LogP contribution in [0.1, 0.15) is 11.1 Å². The molecule has 1 amide bonds. The van der Waals surface area contributed by atoms with Crippen LogP contribution < -0.4 is 15.0 Å². The van der Waals surface area contributed by atoms with Gasteiger partial charge in [-0.3, -0.25) is 4.79 Å². The van der Waals surface area contributed by atoms with Crippen LogP contribution in [0.2, 0.25) is 0 Å². The first kappa shape index (κ1) is 20.0. The van der Waals surface area contributed by atoms with E-state index in [-0.39, 0.29) is 18.0 Å². The molecule has 1 fully saturated rings. The van der Waals surface area contributed by atoms with Gasteiger partial charge in [-0.1, -0.05) is 12.1 Å². The maximum atomic E-state index is 13.1. The van der Waals surface area contributed by atoms with Gasteiger partial charge in [-0.2, -0.15) is 13.2 Å². The van der Waals surface area contributed by atoms with Crippen LogP contribution in [0.15, 0.2) is 42.5 Å². The summed E-state index contributed by atoms with van der Waals surface area (Å²) in [7, 11) is 1.54. The van der Waals surface area contributed by atoms with Crippen LogP contribution >= 0.6 is 0 Å². The number of amides is 1. The fraction of sp³-hybridized carbons (Fsp3) is 0.350. The monoisotopic (exact) mass is 394 g/mol. The van der Waals surface area contributed by atoms with Gasteiger partial charge >= 0.3 is 6.18 Å². The van der Waals surface area contributed by atoms with Crippen LogP contribution in [-0.4, -0.2) is 39.3 Å². The summed E-state index contributed by atoms with van der Waals surface area (Å²) < 4.78 is 49.8. The fourth-order valence-corrected chi connectivity index (χ4v) is 3.02. The van der Waals surface area contributed by atoms with Gasteiger partial charge in [0.15, 0.2) is 0 Å². The summed E-state index contributed by atoms with van der Waals surface area (Å²) in [5, 5.41) is 2.64. The van der Waals surface area contributed by atoms with Crippen molar-refractivity contribution in [3.63, 3.8) is 0 Å². The van der Waals surface area contributed by atoms with Gasteiger partial charge in [-0.05, 0) is 35.9 Å². The summed E-state index contributed by atoms with van der Waals surface area (Å²) in [6.45, 7) is 2.07. The Morgan fingerprint density at radius 1 is 1.14 bits per heavy atom. The van der Waals surface area contributed by atoms with Crippen molar-refractivity contribution in [1.82, 2.24) is 0 Å². The highest BCUT2D eigenvalue weighted by atomic mass is 19.4. The van der Waals surface area contributed by atoms with Crippen LogP contribution in [0.5, 0.6) is 5.75 Å². The van der Waals surface area contributed by atoms with Crippen LogP contribution in [0.25, 0.3) is 0 Å². The van der Waals surface area contributed by atoms with Crippen molar-refractivity contribution in [2.75, 3.05) is 43.6 Å². The van der Waals surface area contributed by atoms with Crippen LogP contribution in [0, 0.1) is 0 Å². The van der Waals surface area contributed by atoms with Gasteiger partial charge in [-0.25, -0.2) is 0 Å². The zero-order valence-electron chi connectivity index (χ0n) is 15.4. The van der Waals surface area contributed by atoms with Crippen LogP contribution in [0.4, 0.5) is 24.5 Å². The summed E-state index contributed by atoms with van der Waals surface area (Å²) in [4.78, 5) is 14.4. The summed E-state index contributed by atoms with van der Waals surface area (Å²) in [6, 6.07) is 10.4. The minimum atomic E-state index is -4.49. The Kier molecular flexibility index (Phi) is 6.08. The minimum absolute atomic E-state index is 0.0444. The molecule has 1 saturated heterocycles. The highest BCUT2D eigenvalue weighted by Gasteiger charge is 2.31. The molecule has 0 aliphatic carbocycles. The van der Waals surface area contributed by atoms with Gasteiger partial charge in [0.2, 0.25) is 5.91 Å². The molecule has 0 spiro atoms. The van der Waals surface area contributed by atoms with E-state index >= 15 is 0 Å². The second kappa shape index (κ2) is 8.52. The SMILES string of the molecule is COc1ccc(CC(=O)Nc2cc(C(F)(F)F)ccc2N2CCOCC2)cc1. The molecule has 0 radical (unpaired) electrons. The number of nitrogens with zero attached hydrogens (tertiary/aromatic N) is 1. The molecule has 5 nitrogen and oxygen atoms in total. The fourth-order valence-electron chi connectivity index (χ4n) is 3.02. The van der Waals surface area contributed by atoms with E-state index < -0.39 is 11.7 Å². The second-order valence-corrected chi connectivity index (χ2v) is 6.40. The van der Waals surface area contributed by atoms with Crippen LogP contribution in [-0.2, 0) is 22.1 Å². The molecule has 1 heterocycles. The number of ether oxygens (including phenoxy) is 2.